The molecule has 2 rings (SSSR count). The van der Waals surface area contributed by atoms with Crippen LogP contribution in [0.15, 0.2) is 30.3 Å². The van der Waals surface area contributed by atoms with Crippen molar-refractivity contribution in [1.29, 1.82) is 0 Å². The van der Waals surface area contributed by atoms with Crippen molar-refractivity contribution in [3.05, 3.63) is 30.3 Å². The van der Waals surface area contributed by atoms with E-state index < -0.39 is 62.9 Å². The highest BCUT2D eigenvalue weighted by atomic mass is 31.2. The predicted molar refractivity (Wildman–Crippen MR) is 110 cm³/mol. The fourth-order valence-corrected chi connectivity index (χ4v) is 4.56. The largest absolute Gasteiger partial charge is 0.469 e. The second kappa shape index (κ2) is 11.7. The van der Waals surface area contributed by atoms with E-state index in [2.05, 4.69) is 15.1 Å². The lowest BCUT2D eigenvalue weighted by atomic mass is 9.97. The van der Waals surface area contributed by atoms with Crippen LogP contribution in [0.1, 0.15) is 20.3 Å². The van der Waals surface area contributed by atoms with E-state index in [1.165, 1.54) is 14.0 Å². The molecule has 1 aromatic rings. The smallest absolute Gasteiger partial charge is 0.459 e. The Morgan fingerprint density at radius 1 is 1.19 bits per heavy atom. The Bertz CT molecular complexity index is 811. The summed E-state index contributed by atoms with van der Waals surface area (Å²) >= 11 is 0. The summed E-state index contributed by atoms with van der Waals surface area (Å²) < 4.78 is 34.1. The SMILES string of the molecule is COC(=O)C[C@H](C)NP(=O)(OCC1OC(O)[C@@H](NC(C)=O)[C@@H](O)[C@@H]1O)Oc1ccccc1. The van der Waals surface area contributed by atoms with Crippen LogP contribution in [0, 0.1) is 0 Å². The van der Waals surface area contributed by atoms with Crippen molar-refractivity contribution in [2.24, 2.45) is 0 Å². The predicted octanol–water partition coefficient (Wildman–Crippen LogP) is -0.325. The number of benzene rings is 1. The second-order valence-corrected chi connectivity index (χ2v) is 8.97. The Kier molecular flexibility index (Phi) is 9.59. The minimum absolute atomic E-state index is 0.125. The molecule has 0 aliphatic carbocycles. The zero-order valence-corrected chi connectivity index (χ0v) is 18.8. The quantitative estimate of drug-likeness (QED) is 0.221. The minimum atomic E-state index is -4.12. The van der Waals surface area contributed by atoms with Gasteiger partial charge in [0.25, 0.3) is 0 Å². The van der Waals surface area contributed by atoms with Gasteiger partial charge < -0.3 is 34.6 Å². The molecule has 1 aliphatic rings. The van der Waals surface area contributed by atoms with E-state index in [9.17, 15) is 29.5 Å². The fraction of sp³-hybridized carbons (Fsp3) is 0.579. The second-order valence-electron chi connectivity index (χ2n) is 7.28. The van der Waals surface area contributed by atoms with Crippen LogP contribution in [0.25, 0.3) is 0 Å². The first-order valence-electron chi connectivity index (χ1n) is 9.85. The average Bonchev–Trinajstić information content (AvgIpc) is 2.73. The Morgan fingerprint density at radius 3 is 2.44 bits per heavy atom. The Labute approximate surface area is 185 Å². The van der Waals surface area contributed by atoms with Gasteiger partial charge in [0.15, 0.2) is 6.29 Å². The first-order valence-corrected chi connectivity index (χ1v) is 11.4. The van der Waals surface area contributed by atoms with Crippen LogP contribution in [0.2, 0.25) is 0 Å². The lowest BCUT2D eigenvalue weighted by Gasteiger charge is -2.40. The number of hydrogen-bond donors (Lipinski definition) is 5. The van der Waals surface area contributed by atoms with Gasteiger partial charge in [-0.25, -0.2) is 9.65 Å². The first kappa shape index (κ1) is 26.2. The number of hydrogen-bond acceptors (Lipinski definition) is 10. The van der Waals surface area contributed by atoms with Gasteiger partial charge in [-0.05, 0) is 19.1 Å². The molecule has 1 aliphatic heterocycles. The number of nitrogens with one attached hydrogen (secondary N) is 2. The van der Waals surface area contributed by atoms with Crippen LogP contribution >= 0.6 is 7.75 Å². The number of rotatable bonds is 10. The standard InChI is InChI=1S/C19H29N2O10P/c1-11(9-15(23)28-3)21-32(27,31-13-7-5-4-6-8-13)29-10-14-17(24)18(25)16(19(26)30-14)20-12(2)22/h4-8,11,14,16-19,24-26H,9-10H2,1-3H3,(H,20,22)(H,21,27)/t11-,14?,16-,17+,18+,19?,32?/m0/s1. The molecule has 0 saturated carbocycles. The molecule has 0 bridgehead atoms. The summed E-state index contributed by atoms with van der Waals surface area (Å²) in [6.07, 6.45) is -6.22. The van der Waals surface area contributed by atoms with E-state index >= 15 is 0 Å². The van der Waals surface area contributed by atoms with E-state index in [-0.39, 0.29) is 12.2 Å². The molecule has 180 valence electrons. The third-order valence-electron chi connectivity index (χ3n) is 4.55. The van der Waals surface area contributed by atoms with Crippen LogP contribution in [0.4, 0.5) is 0 Å². The molecule has 5 N–H and O–H groups in total. The third-order valence-corrected chi connectivity index (χ3v) is 6.24. The van der Waals surface area contributed by atoms with E-state index in [1.807, 2.05) is 0 Å². The summed E-state index contributed by atoms with van der Waals surface area (Å²) in [5, 5.41) is 35.5. The minimum Gasteiger partial charge on any atom is -0.469 e. The molecule has 0 spiro atoms. The molecule has 13 heteroatoms. The maximum Gasteiger partial charge on any atom is 0.459 e. The van der Waals surface area contributed by atoms with Gasteiger partial charge in [0.2, 0.25) is 5.91 Å². The van der Waals surface area contributed by atoms with E-state index in [0.29, 0.717) is 0 Å². The van der Waals surface area contributed by atoms with Gasteiger partial charge >= 0.3 is 13.7 Å². The van der Waals surface area contributed by atoms with Crippen molar-refractivity contribution in [3.8, 4) is 5.75 Å². The van der Waals surface area contributed by atoms with Crippen LogP contribution < -0.4 is 14.9 Å². The number of amides is 1. The van der Waals surface area contributed by atoms with Gasteiger partial charge in [0.1, 0.15) is 30.1 Å². The van der Waals surface area contributed by atoms with Crippen LogP contribution in [-0.4, -0.2) is 77.6 Å². The molecule has 1 fully saturated rings. The van der Waals surface area contributed by atoms with Crippen molar-refractivity contribution in [1.82, 2.24) is 10.4 Å². The van der Waals surface area contributed by atoms with Crippen molar-refractivity contribution in [2.45, 2.75) is 57.0 Å². The highest BCUT2D eigenvalue weighted by Gasteiger charge is 2.45. The maximum absolute atomic E-state index is 13.4. The number of esters is 1. The first-order chi connectivity index (χ1) is 15.0. The van der Waals surface area contributed by atoms with Crippen molar-refractivity contribution < 1.29 is 48.0 Å². The van der Waals surface area contributed by atoms with Gasteiger partial charge in [0.05, 0.1) is 20.1 Å². The molecule has 1 saturated heterocycles. The molecule has 7 atom stereocenters. The van der Waals surface area contributed by atoms with Crippen LogP contribution in [0.3, 0.4) is 0 Å². The lowest BCUT2D eigenvalue weighted by molar-refractivity contribution is -0.252. The van der Waals surface area contributed by atoms with Crippen molar-refractivity contribution >= 4 is 19.6 Å². The number of aliphatic hydroxyl groups excluding tert-OH is 3. The van der Waals surface area contributed by atoms with Crippen LogP contribution in [0.5, 0.6) is 5.75 Å². The summed E-state index contributed by atoms with van der Waals surface area (Å²) in [6.45, 7) is 2.20. The number of carbonyl (C=O) groups is 2. The van der Waals surface area contributed by atoms with Crippen molar-refractivity contribution in [3.63, 3.8) is 0 Å². The topological polar surface area (TPSA) is 173 Å². The Hall–Kier alpha value is -2.05. The van der Waals surface area contributed by atoms with E-state index in [0.717, 1.165) is 0 Å². The molecule has 0 aromatic heterocycles. The van der Waals surface area contributed by atoms with Gasteiger partial charge in [-0.1, -0.05) is 18.2 Å². The molecule has 12 nitrogen and oxygen atoms in total. The molecule has 3 unspecified atom stereocenters. The molecule has 32 heavy (non-hydrogen) atoms. The molecule has 0 radical (unpaired) electrons. The summed E-state index contributed by atoms with van der Waals surface area (Å²) in [4.78, 5) is 22.8. The number of ether oxygens (including phenoxy) is 2. The summed E-state index contributed by atoms with van der Waals surface area (Å²) in [5.74, 6) is -0.870. The monoisotopic (exact) mass is 476 g/mol. The highest BCUT2D eigenvalue weighted by molar-refractivity contribution is 7.52. The number of aliphatic hydroxyl groups is 3. The maximum atomic E-state index is 13.4. The van der Waals surface area contributed by atoms with Crippen LogP contribution in [-0.2, 0) is 28.2 Å². The molecular formula is C19H29N2O10P. The number of methoxy groups -OCH3 is 1. The van der Waals surface area contributed by atoms with Gasteiger partial charge in [0, 0.05) is 13.0 Å². The van der Waals surface area contributed by atoms with Gasteiger partial charge in [-0.3, -0.25) is 14.1 Å². The summed E-state index contributed by atoms with van der Waals surface area (Å²) in [6, 6.07) is 6.19. The van der Waals surface area contributed by atoms with Gasteiger partial charge in [-0.2, -0.15) is 0 Å². The summed E-state index contributed by atoms with van der Waals surface area (Å²) in [7, 11) is -2.90. The fourth-order valence-electron chi connectivity index (χ4n) is 3.01. The zero-order valence-electron chi connectivity index (χ0n) is 17.9. The van der Waals surface area contributed by atoms with Crippen molar-refractivity contribution in [2.75, 3.05) is 13.7 Å². The number of para-hydroxylation sites is 1. The van der Waals surface area contributed by atoms with Gasteiger partial charge in [-0.15, -0.1) is 0 Å². The summed E-state index contributed by atoms with van der Waals surface area (Å²) in [5.41, 5.74) is 0. The highest BCUT2D eigenvalue weighted by Crippen LogP contribution is 2.45. The molecule has 1 amide bonds. The van der Waals surface area contributed by atoms with E-state index in [1.54, 1.807) is 37.3 Å². The average molecular weight is 476 g/mol. The third kappa shape index (κ3) is 7.52. The number of carbonyl (C=O) groups excluding carboxylic acids is 2. The molecule has 1 heterocycles. The lowest BCUT2D eigenvalue weighted by Crippen LogP contribution is -2.64. The Balaban J connectivity index is 2.10. The zero-order chi connectivity index (χ0) is 23.9. The normalized spacial score (nSPS) is 28.2. The molecule has 1 aromatic carbocycles. The Morgan fingerprint density at radius 2 is 1.84 bits per heavy atom. The van der Waals surface area contributed by atoms with E-state index in [4.69, 9.17) is 13.8 Å². The molecular weight excluding hydrogens is 447 g/mol.